The first-order chi connectivity index (χ1) is 9.99. The summed E-state index contributed by atoms with van der Waals surface area (Å²) in [6, 6.07) is 4.33. The van der Waals surface area contributed by atoms with Crippen molar-refractivity contribution < 1.29 is 9.72 Å². The van der Waals surface area contributed by atoms with Gasteiger partial charge in [-0.15, -0.1) is 0 Å². The fourth-order valence-electron chi connectivity index (χ4n) is 1.71. The van der Waals surface area contributed by atoms with Gasteiger partial charge < -0.3 is 5.32 Å². The molecule has 8 heteroatoms. The van der Waals surface area contributed by atoms with Crippen molar-refractivity contribution in [3.8, 4) is 0 Å². The predicted octanol–water partition coefficient (Wildman–Crippen LogP) is 2.53. The van der Waals surface area contributed by atoms with Crippen LogP contribution in [0, 0.1) is 10.1 Å². The Morgan fingerprint density at radius 3 is 2.71 bits per heavy atom. The number of amides is 1. The van der Waals surface area contributed by atoms with Crippen LogP contribution < -0.4 is 5.32 Å². The fourth-order valence-corrected chi connectivity index (χ4v) is 1.90. The van der Waals surface area contributed by atoms with Crippen LogP contribution in [0.4, 0.5) is 5.69 Å². The molecule has 0 saturated carbocycles. The molecule has 2 rings (SSSR count). The van der Waals surface area contributed by atoms with Gasteiger partial charge >= 0.3 is 0 Å². The summed E-state index contributed by atoms with van der Waals surface area (Å²) in [5.41, 5.74) is 0.528. The summed E-state index contributed by atoms with van der Waals surface area (Å²) in [7, 11) is 0. The summed E-state index contributed by atoms with van der Waals surface area (Å²) in [4.78, 5) is 29.8. The van der Waals surface area contributed by atoms with Gasteiger partial charge in [-0.05, 0) is 24.6 Å². The Labute approximate surface area is 125 Å². The summed E-state index contributed by atoms with van der Waals surface area (Å²) in [5, 5.41) is 13.3. The Kier molecular flexibility index (Phi) is 4.44. The highest BCUT2D eigenvalue weighted by molar-refractivity contribution is 6.32. The molecule has 0 aromatic carbocycles. The molecule has 1 atom stereocenters. The maximum Gasteiger partial charge on any atom is 0.288 e. The van der Waals surface area contributed by atoms with E-state index in [0.29, 0.717) is 0 Å². The monoisotopic (exact) mass is 306 g/mol. The molecule has 0 radical (unpaired) electrons. The quantitative estimate of drug-likeness (QED) is 0.531. The maximum atomic E-state index is 12.2. The third kappa shape index (κ3) is 3.51. The Bertz CT molecular complexity index is 678. The van der Waals surface area contributed by atoms with Crippen LogP contribution in [0.1, 0.15) is 28.9 Å². The van der Waals surface area contributed by atoms with Crippen molar-refractivity contribution in [1.82, 2.24) is 15.3 Å². The van der Waals surface area contributed by atoms with Crippen LogP contribution >= 0.6 is 11.6 Å². The molecule has 1 unspecified atom stereocenters. The van der Waals surface area contributed by atoms with Crippen LogP contribution in [0.15, 0.2) is 36.8 Å². The molecule has 0 aliphatic rings. The van der Waals surface area contributed by atoms with Crippen molar-refractivity contribution in [3.05, 3.63) is 63.2 Å². The molecule has 2 heterocycles. The molecule has 0 spiro atoms. The van der Waals surface area contributed by atoms with Crippen molar-refractivity contribution in [2.45, 2.75) is 13.0 Å². The highest BCUT2D eigenvalue weighted by Crippen LogP contribution is 2.20. The molecule has 2 aromatic heterocycles. The highest BCUT2D eigenvalue weighted by Gasteiger charge is 2.19. The van der Waals surface area contributed by atoms with Crippen molar-refractivity contribution in [3.63, 3.8) is 0 Å². The van der Waals surface area contributed by atoms with E-state index in [-0.39, 0.29) is 22.4 Å². The third-order valence-corrected chi connectivity index (χ3v) is 3.13. The first-order valence-electron chi connectivity index (χ1n) is 5.99. The molecule has 0 saturated heterocycles. The number of nitrogens with one attached hydrogen (secondary N) is 1. The zero-order valence-electron chi connectivity index (χ0n) is 11.0. The number of pyridine rings is 2. The minimum Gasteiger partial charge on any atom is -0.345 e. The lowest BCUT2D eigenvalue weighted by Gasteiger charge is -2.14. The van der Waals surface area contributed by atoms with Gasteiger partial charge in [0.05, 0.1) is 16.5 Å². The second-order valence-electron chi connectivity index (χ2n) is 4.26. The van der Waals surface area contributed by atoms with E-state index < -0.39 is 10.8 Å². The van der Waals surface area contributed by atoms with E-state index in [1.54, 1.807) is 31.5 Å². The van der Waals surface area contributed by atoms with Crippen LogP contribution in [0.3, 0.4) is 0 Å². The average molecular weight is 307 g/mol. The van der Waals surface area contributed by atoms with E-state index in [2.05, 4.69) is 15.3 Å². The lowest BCUT2D eigenvalue weighted by atomic mass is 10.1. The minimum atomic E-state index is -0.633. The molecule has 0 aliphatic carbocycles. The second kappa shape index (κ2) is 6.27. The van der Waals surface area contributed by atoms with Crippen molar-refractivity contribution in [2.24, 2.45) is 0 Å². The molecule has 7 nitrogen and oxygen atoms in total. The normalized spacial score (nSPS) is 11.7. The summed E-state index contributed by atoms with van der Waals surface area (Å²) in [6.45, 7) is 1.78. The highest BCUT2D eigenvalue weighted by atomic mass is 35.5. The van der Waals surface area contributed by atoms with Gasteiger partial charge in [-0.1, -0.05) is 11.6 Å². The van der Waals surface area contributed by atoms with E-state index in [0.717, 1.165) is 17.8 Å². The van der Waals surface area contributed by atoms with E-state index in [9.17, 15) is 14.9 Å². The number of hydrogen-bond acceptors (Lipinski definition) is 5. The molecule has 108 valence electrons. The lowest BCUT2D eigenvalue weighted by Crippen LogP contribution is -2.27. The smallest absolute Gasteiger partial charge is 0.288 e. The second-order valence-corrected chi connectivity index (χ2v) is 4.62. The number of nitrogens with zero attached hydrogens (tertiary/aromatic N) is 3. The SMILES string of the molecule is CC(NC(=O)c1cc([N+](=O)[O-])cnc1Cl)c1ccncc1. The number of hydrogen-bond donors (Lipinski definition) is 1. The predicted molar refractivity (Wildman–Crippen MR) is 76.0 cm³/mol. The van der Waals surface area contributed by atoms with Crippen molar-refractivity contribution >= 4 is 23.2 Å². The Balaban J connectivity index is 2.21. The minimum absolute atomic E-state index is 0.0354. The topological polar surface area (TPSA) is 98.0 Å². The Morgan fingerprint density at radius 1 is 1.43 bits per heavy atom. The van der Waals surface area contributed by atoms with Gasteiger partial charge in [-0.3, -0.25) is 19.9 Å². The molecule has 0 aliphatic heterocycles. The number of carbonyl (C=O) groups is 1. The van der Waals surface area contributed by atoms with Gasteiger partial charge in [0, 0.05) is 18.5 Å². The first kappa shape index (κ1) is 14.9. The van der Waals surface area contributed by atoms with Gasteiger partial charge in [0.2, 0.25) is 0 Å². The molecular weight excluding hydrogens is 296 g/mol. The van der Waals surface area contributed by atoms with E-state index in [1.807, 2.05) is 0 Å². The molecule has 2 aromatic rings. The Morgan fingerprint density at radius 2 is 2.10 bits per heavy atom. The number of rotatable bonds is 4. The number of carbonyl (C=O) groups excluding carboxylic acids is 1. The van der Waals surface area contributed by atoms with Gasteiger partial charge in [0.25, 0.3) is 11.6 Å². The van der Waals surface area contributed by atoms with E-state index >= 15 is 0 Å². The molecule has 0 fully saturated rings. The van der Waals surface area contributed by atoms with Crippen molar-refractivity contribution in [2.75, 3.05) is 0 Å². The first-order valence-corrected chi connectivity index (χ1v) is 6.37. The van der Waals surface area contributed by atoms with Crippen LogP contribution in [-0.4, -0.2) is 20.8 Å². The molecule has 1 amide bonds. The third-order valence-electron chi connectivity index (χ3n) is 2.83. The van der Waals surface area contributed by atoms with E-state index in [1.165, 1.54) is 0 Å². The lowest BCUT2D eigenvalue weighted by molar-refractivity contribution is -0.385. The average Bonchev–Trinajstić information content (AvgIpc) is 2.48. The van der Waals surface area contributed by atoms with Gasteiger partial charge in [0.15, 0.2) is 0 Å². The van der Waals surface area contributed by atoms with Crippen LogP contribution in [-0.2, 0) is 0 Å². The number of aromatic nitrogens is 2. The molecular formula is C13H11ClN4O3. The number of nitro groups is 1. The van der Waals surface area contributed by atoms with Gasteiger partial charge in [-0.2, -0.15) is 0 Å². The van der Waals surface area contributed by atoms with E-state index in [4.69, 9.17) is 11.6 Å². The van der Waals surface area contributed by atoms with Crippen molar-refractivity contribution in [1.29, 1.82) is 0 Å². The molecule has 1 N–H and O–H groups in total. The summed E-state index contributed by atoms with van der Waals surface area (Å²) >= 11 is 5.82. The fraction of sp³-hybridized carbons (Fsp3) is 0.154. The number of halogens is 1. The van der Waals surface area contributed by atoms with Crippen LogP contribution in [0.2, 0.25) is 5.15 Å². The van der Waals surface area contributed by atoms with Gasteiger partial charge in [0.1, 0.15) is 11.3 Å². The van der Waals surface area contributed by atoms with Crippen LogP contribution in [0.5, 0.6) is 0 Å². The Hall–Kier alpha value is -2.54. The standard InChI is InChI=1S/C13H11ClN4O3/c1-8(9-2-4-15-5-3-9)17-13(19)11-6-10(18(20)21)7-16-12(11)14/h2-8H,1H3,(H,17,19). The zero-order valence-corrected chi connectivity index (χ0v) is 11.7. The zero-order chi connectivity index (χ0) is 15.4. The molecule has 0 bridgehead atoms. The summed E-state index contributed by atoms with van der Waals surface area (Å²) in [6.07, 6.45) is 4.23. The maximum absolute atomic E-state index is 12.2. The van der Waals surface area contributed by atoms with Crippen LogP contribution in [0.25, 0.3) is 0 Å². The van der Waals surface area contributed by atoms with Gasteiger partial charge in [-0.25, -0.2) is 4.98 Å². The summed E-state index contributed by atoms with van der Waals surface area (Å²) < 4.78 is 0. The molecule has 21 heavy (non-hydrogen) atoms. The largest absolute Gasteiger partial charge is 0.345 e. The summed E-state index contributed by atoms with van der Waals surface area (Å²) in [5.74, 6) is -0.527.